The van der Waals surface area contributed by atoms with Crippen LogP contribution >= 0.6 is 0 Å². The molecule has 4 amide bonds. The summed E-state index contributed by atoms with van der Waals surface area (Å²) in [6, 6.07) is 4.85. The van der Waals surface area contributed by atoms with Gasteiger partial charge in [0.2, 0.25) is 11.8 Å². The summed E-state index contributed by atoms with van der Waals surface area (Å²) in [5.74, 6) is -1.11. The van der Waals surface area contributed by atoms with Gasteiger partial charge in [-0.05, 0) is 51.2 Å². The van der Waals surface area contributed by atoms with Crippen LogP contribution in [-0.2, 0) is 19.1 Å². The molecule has 3 fully saturated rings. The van der Waals surface area contributed by atoms with Gasteiger partial charge in [0.15, 0.2) is 6.61 Å². The van der Waals surface area contributed by atoms with E-state index in [9.17, 15) is 24.3 Å². The first-order valence-corrected chi connectivity index (χ1v) is 14.2. The fraction of sp³-hybridized carbons (Fsp3) is 0.655. The Labute approximate surface area is 235 Å². The fourth-order valence-electron chi connectivity index (χ4n) is 5.26. The molecule has 11 heteroatoms. The van der Waals surface area contributed by atoms with Crippen molar-refractivity contribution >= 4 is 23.6 Å². The number of aliphatic hydroxyl groups excluding tert-OH is 1. The summed E-state index contributed by atoms with van der Waals surface area (Å²) < 4.78 is 11.2. The molecule has 0 bridgehead atoms. The molecule has 1 aromatic rings. The summed E-state index contributed by atoms with van der Waals surface area (Å²) in [7, 11) is 0. The van der Waals surface area contributed by atoms with E-state index < -0.39 is 30.0 Å². The Balaban J connectivity index is 1.46. The number of carbonyl (C=O) groups excluding carboxylic acids is 4. The SMILES string of the molecule is CC(C)C[C@@H](NC(=O)c1ccccc1OCC(=O)NC1(C)CC1)C(=O)N1C[C@@H](O)C[C@@H]1C(=O)N1CCO[C@@H](C)C1. The number of benzene rings is 1. The minimum Gasteiger partial charge on any atom is -0.483 e. The van der Waals surface area contributed by atoms with Crippen LogP contribution in [-0.4, -0.2) is 101 Å². The molecule has 1 aromatic carbocycles. The van der Waals surface area contributed by atoms with Crippen LogP contribution in [0.1, 0.15) is 63.7 Å². The molecule has 220 valence electrons. The van der Waals surface area contributed by atoms with Gasteiger partial charge in [-0.1, -0.05) is 26.0 Å². The van der Waals surface area contributed by atoms with Crippen LogP contribution in [0.3, 0.4) is 0 Å². The number of para-hydroxylation sites is 1. The van der Waals surface area contributed by atoms with E-state index in [1.54, 1.807) is 29.2 Å². The molecule has 4 rings (SSSR count). The lowest BCUT2D eigenvalue weighted by Crippen LogP contribution is -2.56. The molecule has 4 atom stereocenters. The second-order valence-electron chi connectivity index (χ2n) is 11.9. The van der Waals surface area contributed by atoms with Gasteiger partial charge in [-0.25, -0.2) is 0 Å². The van der Waals surface area contributed by atoms with E-state index >= 15 is 0 Å². The molecule has 1 saturated carbocycles. The van der Waals surface area contributed by atoms with Crippen LogP contribution in [0.15, 0.2) is 24.3 Å². The maximum atomic E-state index is 13.8. The Hall–Kier alpha value is -3.18. The van der Waals surface area contributed by atoms with Crippen molar-refractivity contribution in [3.8, 4) is 5.75 Å². The molecule has 40 heavy (non-hydrogen) atoms. The number of morpholine rings is 1. The van der Waals surface area contributed by atoms with Gasteiger partial charge in [0.25, 0.3) is 11.8 Å². The summed E-state index contributed by atoms with van der Waals surface area (Å²) >= 11 is 0. The first-order valence-electron chi connectivity index (χ1n) is 14.2. The molecular weight excluding hydrogens is 516 g/mol. The predicted octanol–water partition coefficient (Wildman–Crippen LogP) is 1.09. The number of rotatable bonds is 10. The van der Waals surface area contributed by atoms with Crippen LogP contribution in [0.2, 0.25) is 0 Å². The van der Waals surface area contributed by atoms with Crippen molar-refractivity contribution < 1.29 is 33.8 Å². The van der Waals surface area contributed by atoms with E-state index in [1.807, 2.05) is 27.7 Å². The first kappa shape index (κ1) is 29.8. The maximum Gasteiger partial charge on any atom is 0.258 e. The number of aliphatic hydroxyl groups is 1. The lowest BCUT2D eigenvalue weighted by molar-refractivity contribution is -0.149. The molecule has 2 heterocycles. The van der Waals surface area contributed by atoms with Crippen LogP contribution in [0.5, 0.6) is 5.75 Å². The zero-order chi connectivity index (χ0) is 29.0. The Morgan fingerprint density at radius 2 is 1.90 bits per heavy atom. The zero-order valence-electron chi connectivity index (χ0n) is 23.9. The number of amides is 4. The van der Waals surface area contributed by atoms with Gasteiger partial charge in [0.1, 0.15) is 17.8 Å². The number of hydrogen-bond acceptors (Lipinski definition) is 7. The van der Waals surface area contributed by atoms with E-state index in [0.717, 1.165) is 12.8 Å². The summed E-state index contributed by atoms with van der Waals surface area (Å²) in [5.41, 5.74) is 0.0235. The van der Waals surface area contributed by atoms with E-state index in [1.165, 1.54) is 4.90 Å². The van der Waals surface area contributed by atoms with Gasteiger partial charge >= 0.3 is 0 Å². The largest absolute Gasteiger partial charge is 0.483 e. The van der Waals surface area contributed by atoms with Crippen molar-refractivity contribution in [2.24, 2.45) is 5.92 Å². The topological polar surface area (TPSA) is 138 Å². The highest BCUT2D eigenvalue weighted by Gasteiger charge is 2.44. The number of hydrogen-bond donors (Lipinski definition) is 3. The monoisotopic (exact) mass is 558 g/mol. The van der Waals surface area contributed by atoms with Gasteiger partial charge in [0, 0.05) is 31.6 Å². The Kier molecular flexibility index (Phi) is 9.35. The zero-order valence-corrected chi connectivity index (χ0v) is 23.9. The van der Waals surface area contributed by atoms with Crippen LogP contribution in [0.4, 0.5) is 0 Å². The van der Waals surface area contributed by atoms with Crippen LogP contribution in [0.25, 0.3) is 0 Å². The lowest BCUT2D eigenvalue weighted by atomic mass is 10.0. The first-order chi connectivity index (χ1) is 19.0. The second kappa shape index (κ2) is 12.6. The number of ether oxygens (including phenoxy) is 2. The third kappa shape index (κ3) is 7.51. The van der Waals surface area contributed by atoms with Gasteiger partial charge < -0.3 is 35.0 Å². The summed E-state index contributed by atoms with van der Waals surface area (Å²) in [5, 5.41) is 16.2. The molecule has 0 spiro atoms. The Bertz CT molecular complexity index is 1110. The van der Waals surface area contributed by atoms with Gasteiger partial charge in [-0.3, -0.25) is 19.2 Å². The number of β-amino-alcohol motifs (C(OH)–C–C–N with tert-alkyl or cyclic N) is 1. The van der Waals surface area contributed by atoms with Crippen molar-refractivity contribution in [3.05, 3.63) is 29.8 Å². The maximum absolute atomic E-state index is 13.8. The number of carbonyl (C=O) groups is 4. The highest BCUT2D eigenvalue weighted by Crippen LogP contribution is 2.34. The number of nitrogens with zero attached hydrogens (tertiary/aromatic N) is 2. The molecule has 11 nitrogen and oxygen atoms in total. The fourth-order valence-corrected chi connectivity index (χ4v) is 5.26. The summed E-state index contributed by atoms with van der Waals surface area (Å²) in [6.07, 6.45) is 1.41. The lowest BCUT2D eigenvalue weighted by Gasteiger charge is -2.36. The van der Waals surface area contributed by atoms with E-state index in [2.05, 4.69) is 10.6 Å². The Morgan fingerprint density at radius 3 is 2.58 bits per heavy atom. The smallest absolute Gasteiger partial charge is 0.258 e. The quantitative estimate of drug-likeness (QED) is 0.391. The van der Waals surface area contributed by atoms with Gasteiger partial charge in [-0.15, -0.1) is 0 Å². The van der Waals surface area contributed by atoms with E-state index in [-0.39, 0.29) is 60.3 Å². The van der Waals surface area contributed by atoms with Crippen LogP contribution < -0.4 is 15.4 Å². The minimum absolute atomic E-state index is 0.0212. The van der Waals surface area contributed by atoms with Gasteiger partial charge in [0.05, 0.1) is 24.4 Å². The molecule has 2 saturated heterocycles. The number of nitrogens with one attached hydrogen (secondary N) is 2. The van der Waals surface area contributed by atoms with Crippen molar-refractivity contribution in [2.75, 3.05) is 32.8 Å². The predicted molar refractivity (Wildman–Crippen MR) is 147 cm³/mol. The van der Waals surface area contributed by atoms with Gasteiger partial charge in [-0.2, -0.15) is 0 Å². The standard InChI is InChI=1S/C29H42N4O7/c1-18(2)13-22(27(37)33-16-20(34)14-23(33)28(38)32-11-12-39-19(3)15-32)30-26(36)21-7-5-6-8-24(21)40-17-25(35)31-29(4)9-10-29/h5-8,18-20,22-23,34H,9-17H2,1-4H3,(H,30,36)(H,31,35)/t19-,20-,22+,23+/m0/s1. The molecule has 0 unspecified atom stereocenters. The minimum atomic E-state index is -0.914. The molecule has 1 aliphatic carbocycles. The van der Waals surface area contributed by atoms with E-state index in [0.29, 0.717) is 26.1 Å². The third-order valence-corrected chi connectivity index (χ3v) is 7.64. The molecule has 0 radical (unpaired) electrons. The highest BCUT2D eigenvalue weighted by atomic mass is 16.5. The number of likely N-dealkylation sites (tertiary alicyclic amines) is 1. The summed E-state index contributed by atoms with van der Waals surface area (Å²) in [6.45, 7) is 8.81. The highest BCUT2D eigenvalue weighted by molar-refractivity contribution is 6.00. The average Bonchev–Trinajstić information content (AvgIpc) is 3.50. The molecule has 2 aliphatic heterocycles. The molecule has 3 aliphatic rings. The molecule has 0 aromatic heterocycles. The van der Waals surface area contributed by atoms with Crippen molar-refractivity contribution in [1.29, 1.82) is 0 Å². The van der Waals surface area contributed by atoms with Crippen molar-refractivity contribution in [3.63, 3.8) is 0 Å². The second-order valence-corrected chi connectivity index (χ2v) is 11.9. The summed E-state index contributed by atoms with van der Waals surface area (Å²) in [4.78, 5) is 56.0. The van der Waals surface area contributed by atoms with Crippen molar-refractivity contribution in [1.82, 2.24) is 20.4 Å². The Morgan fingerprint density at radius 1 is 1.18 bits per heavy atom. The third-order valence-electron chi connectivity index (χ3n) is 7.64. The average molecular weight is 559 g/mol. The van der Waals surface area contributed by atoms with Crippen molar-refractivity contribution in [2.45, 2.75) is 83.2 Å². The van der Waals surface area contributed by atoms with Crippen LogP contribution in [0, 0.1) is 5.92 Å². The normalized spacial score (nSPS) is 24.4. The van der Waals surface area contributed by atoms with E-state index in [4.69, 9.17) is 9.47 Å². The molecular formula is C29H42N4O7. The molecule has 3 N–H and O–H groups in total.